The SMILES string of the molecule is Cc1ccc(C(=O)O)cc1NS(=O)(=O)c1ccc2[nH]c(=O)oc2c1. The lowest BCUT2D eigenvalue weighted by Crippen LogP contribution is -2.14. The number of nitrogens with one attached hydrogen (secondary N) is 2. The maximum Gasteiger partial charge on any atom is 0.417 e. The molecule has 0 atom stereocenters. The minimum atomic E-state index is -3.98. The Morgan fingerprint density at radius 3 is 2.67 bits per heavy atom. The number of carbonyl (C=O) groups is 1. The smallest absolute Gasteiger partial charge is 0.417 e. The molecule has 3 rings (SSSR count). The van der Waals surface area contributed by atoms with Gasteiger partial charge in [-0.15, -0.1) is 0 Å². The Morgan fingerprint density at radius 1 is 1.21 bits per heavy atom. The number of rotatable bonds is 4. The molecule has 0 fully saturated rings. The summed E-state index contributed by atoms with van der Waals surface area (Å²) < 4.78 is 32.2. The summed E-state index contributed by atoms with van der Waals surface area (Å²) in [5.41, 5.74) is 1.18. The average molecular weight is 348 g/mol. The molecule has 0 amide bonds. The van der Waals surface area contributed by atoms with Gasteiger partial charge >= 0.3 is 11.7 Å². The number of benzene rings is 2. The van der Waals surface area contributed by atoms with Crippen LogP contribution in [0.2, 0.25) is 0 Å². The second kappa shape index (κ2) is 5.53. The molecular weight excluding hydrogens is 336 g/mol. The Morgan fingerprint density at radius 2 is 1.96 bits per heavy atom. The fourth-order valence-corrected chi connectivity index (χ4v) is 3.30. The van der Waals surface area contributed by atoms with Crippen LogP contribution in [0.15, 0.2) is 50.5 Å². The Labute approximate surface area is 135 Å². The molecule has 1 heterocycles. The quantitative estimate of drug-likeness (QED) is 0.660. The lowest BCUT2D eigenvalue weighted by Gasteiger charge is -2.11. The maximum atomic E-state index is 12.5. The summed E-state index contributed by atoms with van der Waals surface area (Å²) in [5, 5.41) is 9.01. The predicted octanol–water partition coefficient (Wildman–Crippen LogP) is 1.93. The van der Waals surface area contributed by atoms with E-state index in [1.54, 1.807) is 6.92 Å². The van der Waals surface area contributed by atoms with Gasteiger partial charge in [0.25, 0.3) is 10.0 Å². The summed E-state index contributed by atoms with van der Waals surface area (Å²) in [6, 6.07) is 8.07. The Kier molecular flexibility index (Phi) is 3.64. The highest BCUT2D eigenvalue weighted by molar-refractivity contribution is 7.92. The summed E-state index contributed by atoms with van der Waals surface area (Å²) in [6.45, 7) is 1.65. The molecule has 24 heavy (non-hydrogen) atoms. The normalized spacial score (nSPS) is 11.5. The average Bonchev–Trinajstić information content (AvgIpc) is 2.88. The van der Waals surface area contributed by atoms with E-state index in [1.165, 1.54) is 36.4 Å². The van der Waals surface area contributed by atoms with Crippen molar-refractivity contribution in [1.82, 2.24) is 4.98 Å². The monoisotopic (exact) mass is 348 g/mol. The lowest BCUT2D eigenvalue weighted by atomic mass is 10.1. The van der Waals surface area contributed by atoms with E-state index in [-0.39, 0.29) is 21.7 Å². The van der Waals surface area contributed by atoms with Crippen LogP contribution in [-0.2, 0) is 10.0 Å². The van der Waals surface area contributed by atoms with E-state index in [1.807, 2.05) is 0 Å². The number of hydrogen-bond donors (Lipinski definition) is 3. The van der Waals surface area contributed by atoms with Gasteiger partial charge in [-0.1, -0.05) is 6.07 Å². The predicted molar refractivity (Wildman–Crippen MR) is 85.8 cm³/mol. The van der Waals surface area contributed by atoms with E-state index in [0.29, 0.717) is 11.1 Å². The number of aryl methyl sites for hydroxylation is 1. The highest BCUT2D eigenvalue weighted by Crippen LogP contribution is 2.23. The minimum absolute atomic E-state index is 0.0367. The Hall–Kier alpha value is -3.07. The van der Waals surface area contributed by atoms with Gasteiger partial charge in [0.2, 0.25) is 0 Å². The first-order valence-electron chi connectivity index (χ1n) is 6.76. The summed E-state index contributed by atoms with van der Waals surface area (Å²) >= 11 is 0. The van der Waals surface area contributed by atoms with E-state index in [0.717, 1.165) is 0 Å². The number of sulfonamides is 1. The molecule has 0 aliphatic carbocycles. The summed E-state index contributed by atoms with van der Waals surface area (Å²) in [4.78, 5) is 24.5. The third kappa shape index (κ3) is 2.88. The van der Waals surface area contributed by atoms with Crippen LogP contribution < -0.4 is 10.5 Å². The molecule has 0 aliphatic rings. The summed E-state index contributed by atoms with van der Waals surface area (Å²) in [6.07, 6.45) is 0. The molecule has 9 heteroatoms. The van der Waals surface area contributed by atoms with Gasteiger partial charge in [0.15, 0.2) is 5.58 Å². The van der Waals surface area contributed by atoms with E-state index in [4.69, 9.17) is 9.52 Å². The van der Waals surface area contributed by atoms with Gasteiger partial charge in [0, 0.05) is 6.07 Å². The second-order valence-electron chi connectivity index (χ2n) is 5.11. The molecule has 8 nitrogen and oxygen atoms in total. The van der Waals surface area contributed by atoms with Gasteiger partial charge < -0.3 is 9.52 Å². The zero-order chi connectivity index (χ0) is 17.5. The van der Waals surface area contributed by atoms with Crippen molar-refractivity contribution in [3.05, 3.63) is 58.1 Å². The summed E-state index contributed by atoms with van der Waals surface area (Å²) in [5.74, 6) is -1.84. The fourth-order valence-electron chi connectivity index (χ4n) is 2.16. The first kappa shape index (κ1) is 15.8. The number of carboxylic acid groups (broad SMARTS) is 1. The molecule has 0 saturated carbocycles. The standard InChI is InChI=1S/C15H12N2O6S/c1-8-2-3-9(14(18)19)6-12(8)17-24(21,22)10-4-5-11-13(7-10)23-15(20)16-11/h2-7,17H,1H3,(H,16,20)(H,18,19). The van der Waals surface area contributed by atoms with Gasteiger partial charge in [-0.3, -0.25) is 9.71 Å². The topological polar surface area (TPSA) is 129 Å². The number of hydrogen-bond acceptors (Lipinski definition) is 5. The van der Waals surface area contributed by atoms with Gasteiger partial charge in [0.1, 0.15) is 0 Å². The van der Waals surface area contributed by atoms with Crippen molar-refractivity contribution in [3.63, 3.8) is 0 Å². The van der Waals surface area contributed by atoms with E-state index >= 15 is 0 Å². The van der Waals surface area contributed by atoms with Crippen LogP contribution in [-0.4, -0.2) is 24.5 Å². The van der Waals surface area contributed by atoms with Gasteiger partial charge in [-0.2, -0.15) is 0 Å². The van der Waals surface area contributed by atoms with Crippen molar-refractivity contribution < 1.29 is 22.7 Å². The van der Waals surface area contributed by atoms with Gasteiger partial charge in [-0.25, -0.2) is 18.0 Å². The molecule has 0 spiro atoms. The molecule has 124 valence electrons. The molecule has 0 bridgehead atoms. The van der Waals surface area contributed by atoms with Crippen LogP contribution >= 0.6 is 0 Å². The van der Waals surface area contributed by atoms with Crippen LogP contribution in [0.1, 0.15) is 15.9 Å². The maximum absolute atomic E-state index is 12.5. The number of H-pyrrole nitrogens is 1. The molecule has 0 radical (unpaired) electrons. The fraction of sp³-hybridized carbons (Fsp3) is 0.0667. The van der Waals surface area contributed by atoms with E-state index in [2.05, 4.69) is 9.71 Å². The van der Waals surface area contributed by atoms with Crippen molar-refractivity contribution in [1.29, 1.82) is 0 Å². The molecular formula is C15H12N2O6S. The molecule has 3 N–H and O–H groups in total. The Balaban J connectivity index is 2.02. The van der Waals surface area contributed by atoms with Crippen LogP contribution in [0.5, 0.6) is 0 Å². The Bertz CT molecular complexity index is 1110. The van der Waals surface area contributed by atoms with Crippen LogP contribution in [0.3, 0.4) is 0 Å². The second-order valence-corrected chi connectivity index (χ2v) is 6.80. The molecule has 0 saturated heterocycles. The zero-order valence-electron chi connectivity index (χ0n) is 12.4. The first-order valence-corrected chi connectivity index (χ1v) is 8.24. The minimum Gasteiger partial charge on any atom is -0.478 e. The van der Waals surface area contributed by atoms with Crippen molar-refractivity contribution in [3.8, 4) is 0 Å². The zero-order valence-corrected chi connectivity index (χ0v) is 13.2. The van der Waals surface area contributed by atoms with Crippen LogP contribution in [0.25, 0.3) is 11.1 Å². The van der Waals surface area contributed by atoms with E-state index in [9.17, 15) is 18.0 Å². The lowest BCUT2D eigenvalue weighted by molar-refractivity contribution is 0.0697. The van der Waals surface area contributed by atoms with Crippen molar-refractivity contribution in [2.75, 3.05) is 4.72 Å². The number of aromatic carboxylic acids is 1. The molecule has 0 aliphatic heterocycles. The largest absolute Gasteiger partial charge is 0.478 e. The molecule has 2 aromatic carbocycles. The number of aromatic nitrogens is 1. The number of fused-ring (bicyclic) bond motifs is 1. The third-order valence-electron chi connectivity index (χ3n) is 3.43. The number of oxazole rings is 1. The van der Waals surface area contributed by atoms with Crippen LogP contribution in [0.4, 0.5) is 5.69 Å². The number of aromatic amines is 1. The van der Waals surface area contributed by atoms with Gasteiger partial charge in [0.05, 0.1) is 21.7 Å². The highest BCUT2D eigenvalue weighted by atomic mass is 32.2. The van der Waals surface area contributed by atoms with Crippen molar-refractivity contribution >= 4 is 32.8 Å². The van der Waals surface area contributed by atoms with Crippen molar-refractivity contribution in [2.24, 2.45) is 0 Å². The third-order valence-corrected chi connectivity index (χ3v) is 4.79. The summed E-state index contributed by atoms with van der Waals surface area (Å²) in [7, 11) is -3.98. The molecule has 1 aromatic heterocycles. The van der Waals surface area contributed by atoms with Crippen LogP contribution in [0, 0.1) is 6.92 Å². The molecule has 0 unspecified atom stereocenters. The van der Waals surface area contributed by atoms with Crippen molar-refractivity contribution in [2.45, 2.75) is 11.8 Å². The number of anilines is 1. The number of carboxylic acids is 1. The van der Waals surface area contributed by atoms with Gasteiger partial charge in [-0.05, 0) is 36.8 Å². The van der Waals surface area contributed by atoms with E-state index < -0.39 is 21.7 Å². The first-order chi connectivity index (χ1) is 11.3. The molecule has 3 aromatic rings. The highest BCUT2D eigenvalue weighted by Gasteiger charge is 2.18.